The third-order valence-electron chi connectivity index (χ3n) is 6.18. The smallest absolute Gasteiger partial charge is 0.407 e. The fourth-order valence-electron chi connectivity index (χ4n) is 4.62. The van der Waals surface area contributed by atoms with E-state index in [1.165, 1.54) is 11.2 Å². The molecule has 1 atom stereocenters. The van der Waals surface area contributed by atoms with E-state index in [1.54, 1.807) is 18.5 Å². The maximum absolute atomic E-state index is 11.9. The number of nitrogens with zero attached hydrogens (tertiary/aromatic N) is 5. The first-order valence-corrected chi connectivity index (χ1v) is 12.1. The van der Waals surface area contributed by atoms with Crippen molar-refractivity contribution in [3.8, 4) is 0 Å². The van der Waals surface area contributed by atoms with Crippen molar-refractivity contribution in [2.24, 2.45) is 5.92 Å². The number of carbonyl (C=O) groups is 1. The molecule has 3 aromatic rings. The number of anilines is 2. The van der Waals surface area contributed by atoms with Crippen molar-refractivity contribution < 1.29 is 18.3 Å². The van der Waals surface area contributed by atoms with E-state index in [4.69, 9.17) is 0 Å². The topological polar surface area (TPSA) is 109 Å². The molecule has 9 nitrogen and oxygen atoms in total. The first-order valence-electron chi connectivity index (χ1n) is 10.2. The Morgan fingerprint density at radius 3 is 2.81 bits per heavy atom. The zero-order valence-corrected chi connectivity index (χ0v) is 17.9. The third-order valence-corrected chi connectivity index (χ3v) is 7.29. The van der Waals surface area contributed by atoms with Crippen LogP contribution in [0.2, 0.25) is 0 Å². The van der Waals surface area contributed by atoms with Gasteiger partial charge in [0.15, 0.2) is 9.84 Å². The summed E-state index contributed by atoms with van der Waals surface area (Å²) < 4.78 is 25.8. The Balaban J connectivity index is 1.45. The van der Waals surface area contributed by atoms with E-state index in [0.29, 0.717) is 24.5 Å². The summed E-state index contributed by atoms with van der Waals surface area (Å²) >= 11 is 0. The minimum atomic E-state index is -3.25. The van der Waals surface area contributed by atoms with Gasteiger partial charge in [0, 0.05) is 44.3 Å². The largest absolute Gasteiger partial charge is 0.465 e. The maximum Gasteiger partial charge on any atom is 0.407 e. The van der Waals surface area contributed by atoms with E-state index in [0.717, 1.165) is 47.5 Å². The lowest BCUT2D eigenvalue weighted by molar-refractivity contribution is 0.153. The van der Waals surface area contributed by atoms with Crippen molar-refractivity contribution in [2.45, 2.75) is 24.3 Å². The van der Waals surface area contributed by atoms with Crippen LogP contribution < -0.4 is 4.90 Å². The third kappa shape index (κ3) is 3.50. The van der Waals surface area contributed by atoms with Gasteiger partial charge in [0.05, 0.1) is 10.3 Å². The number of hydrogen-bond acceptors (Lipinski definition) is 6. The summed E-state index contributed by atoms with van der Waals surface area (Å²) in [4.78, 5) is 24.1. The molecule has 162 valence electrons. The van der Waals surface area contributed by atoms with Crippen molar-refractivity contribution in [1.82, 2.24) is 19.4 Å². The summed E-state index contributed by atoms with van der Waals surface area (Å²) in [6, 6.07) is 7.24. The van der Waals surface area contributed by atoms with Crippen molar-refractivity contribution in [1.29, 1.82) is 0 Å². The zero-order valence-electron chi connectivity index (χ0n) is 17.1. The van der Waals surface area contributed by atoms with Crippen LogP contribution in [0.3, 0.4) is 0 Å². The molecule has 2 aromatic heterocycles. The molecule has 2 aliphatic rings. The summed E-state index contributed by atoms with van der Waals surface area (Å²) in [6.45, 7) is 2.53. The van der Waals surface area contributed by atoms with Gasteiger partial charge in [0.2, 0.25) is 0 Å². The fraction of sp³-hybridized carbons (Fsp3) is 0.381. The average Bonchev–Trinajstić information content (AvgIpc) is 3.45. The molecule has 4 heterocycles. The Morgan fingerprint density at radius 1 is 1.23 bits per heavy atom. The summed E-state index contributed by atoms with van der Waals surface area (Å²) in [5.74, 6) is 1.06. The van der Waals surface area contributed by atoms with Gasteiger partial charge in [-0.3, -0.25) is 0 Å². The number of fused-ring (bicyclic) bond motifs is 2. The van der Waals surface area contributed by atoms with Crippen LogP contribution in [-0.4, -0.2) is 64.9 Å². The number of aromatic nitrogens is 3. The Labute approximate surface area is 179 Å². The number of benzene rings is 1. The molecule has 1 saturated heterocycles. The Bertz CT molecular complexity index is 1290. The van der Waals surface area contributed by atoms with Crippen LogP contribution in [0, 0.1) is 5.92 Å². The van der Waals surface area contributed by atoms with Gasteiger partial charge in [-0.25, -0.2) is 23.2 Å². The van der Waals surface area contributed by atoms with Crippen LogP contribution in [0.15, 0.2) is 41.7 Å². The molecule has 31 heavy (non-hydrogen) atoms. The summed E-state index contributed by atoms with van der Waals surface area (Å²) in [6.07, 6.45) is 5.48. The Kier molecular flexibility index (Phi) is 4.62. The van der Waals surface area contributed by atoms with Crippen molar-refractivity contribution in [3.63, 3.8) is 0 Å². The second-order valence-electron chi connectivity index (χ2n) is 8.25. The van der Waals surface area contributed by atoms with Gasteiger partial charge >= 0.3 is 6.09 Å². The molecule has 2 aliphatic heterocycles. The molecule has 0 spiro atoms. The molecule has 5 rings (SSSR count). The maximum atomic E-state index is 11.9. The van der Waals surface area contributed by atoms with Gasteiger partial charge in [0.25, 0.3) is 0 Å². The Morgan fingerprint density at radius 2 is 2.06 bits per heavy atom. The number of carboxylic acid groups (broad SMARTS) is 1. The second-order valence-corrected chi connectivity index (χ2v) is 10.3. The lowest BCUT2D eigenvalue weighted by atomic mass is 10.1. The highest BCUT2D eigenvalue weighted by molar-refractivity contribution is 7.90. The molecule has 0 aliphatic carbocycles. The summed E-state index contributed by atoms with van der Waals surface area (Å²) in [5.41, 5.74) is 2.78. The number of amides is 1. The van der Waals surface area contributed by atoms with Gasteiger partial charge < -0.3 is 19.5 Å². The predicted molar refractivity (Wildman–Crippen MR) is 115 cm³/mol. The molecule has 0 unspecified atom stereocenters. The van der Waals surface area contributed by atoms with Crippen LogP contribution in [0.1, 0.15) is 12.0 Å². The normalized spacial score (nSPS) is 18.7. The number of sulfone groups is 1. The van der Waals surface area contributed by atoms with Crippen molar-refractivity contribution in [2.75, 3.05) is 30.8 Å². The fourth-order valence-corrected chi connectivity index (χ4v) is 5.29. The van der Waals surface area contributed by atoms with Crippen LogP contribution in [0.25, 0.3) is 11.0 Å². The lowest BCUT2D eigenvalue weighted by Gasteiger charge is -2.19. The van der Waals surface area contributed by atoms with E-state index in [9.17, 15) is 18.3 Å². The summed E-state index contributed by atoms with van der Waals surface area (Å²) in [5, 5.41) is 10.1. The first-order chi connectivity index (χ1) is 14.8. The second kappa shape index (κ2) is 7.23. The molecule has 0 bridgehead atoms. The van der Waals surface area contributed by atoms with E-state index in [1.807, 2.05) is 18.3 Å². The number of likely N-dealkylation sites (tertiary alicyclic amines) is 1. The van der Waals surface area contributed by atoms with Gasteiger partial charge in [-0.2, -0.15) is 0 Å². The number of hydrogen-bond donors (Lipinski definition) is 1. The Hall–Kier alpha value is -3.14. The van der Waals surface area contributed by atoms with E-state index >= 15 is 0 Å². The quantitative estimate of drug-likeness (QED) is 0.663. The minimum Gasteiger partial charge on any atom is -0.465 e. The molecule has 1 aromatic carbocycles. The van der Waals surface area contributed by atoms with E-state index < -0.39 is 15.9 Å². The standard InChI is InChI=1S/C21H23N5O4S/c1-31(29,30)16-2-3-18-15(10-16)5-9-26(18)20-17-6-8-24(19(17)22-13-23-20)11-14-4-7-25(12-14)21(27)28/h2-3,6,8,10,13-14H,4-5,7,9,11-12H2,1H3,(H,27,28)/t14-/m0/s1. The van der Waals surface area contributed by atoms with Crippen LogP contribution >= 0.6 is 0 Å². The minimum absolute atomic E-state index is 0.257. The van der Waals surface area contributed by atoms with Gasteiger partial charge in [-0.1, -0.05) is 0 Å². The molecular formula is C21H23N5O4S. The van der Waals surface area contributed by atoms with Gasteiger partial charge in [-0.05, 0) is 48.6 Å². The van der Waals surface area contributed by atoms with E-state index in [2.05, 4.69) is 19.4 Å². The van der Waals surface area contributed by atoms with Gasteiger partial charge in [0.1, 0.15) is 17.8 Å². The SMILES string of the molecule is CS(=O)(=O)c1ccc2c(c1)CCN2c1ncnc2c1ccn2C[C@@H]1CCN(C(=O)O)C1. The molecule has 1 fully saturated rings. The number of rotatable bonds is 4. The zero-order chi connectivity index (χ0) is 21.8. The molecule has 0 radical (unpaired) electrons. The van der Waals surface area contributed by atoms with Crippen LogP contribution in [0.4, 0.5) is 16.3 Å². The highest BCUT2D eigenvalue weighted by Crippen LogP contribution is 2.38. The lowest BCUT2D eigenvalue weighted by Crippen LogP contribution is -2.27. The molecule has 10 heteroatoms. The predicted octanol–water partition coefficient (Wildman–Crippen LogP) is 2.53. The monoisotopic (exact) mass is 441 g/mol. The van der Waals surface area contributed by atoms with Crippen molar-refractivity contribution >= 4 is 38.5 Å². The molecule has 0 saturated carbocycles. The summed E-state index contributed by atoms with van der Waals surface area (Å²) in [7, 11) is -3.25. The van der Waals surface area contributed by atoms with Crippen LogP contribution in [0.5, 0.6) is 0 Å². The average molecular weight is 442 g/mol. The molecular weight excluding hydrogens is 418 g/mol. The highest BCUT2D eigenvalue weighted by atomic mass is 32.2. The highest BCUT2D eigenvalue weighted by Gasteiger charge is 2.28. The first kappa shape index (κ1) is 19.8. The van der Waals surface area contributed by atoms with Gasteiger partial charge in [-0.15, -0.1) is 0 Å². The molecule has 1 amide bonds. The van der Waals surface area contributed by atoms with E-state index in [-0.39, 0.29) is 5.92 Å². The van der Waals surface area contributed by atoms with Crippen molar-refractivity contribution in [3.05, 3.63) is 42.4 Å². The van der Waals surface area contributed by atoms with Crippen LogP contribution in [-0.2, 0) is 22.8 Å². The molecule has 1 N–H and O–H groups in total.